The Morgan fingerprint density at radius 3 is 2.81 bits per heavy atom. The maximum absolute atomic E-state index is 12.7. The number of hydrogen-bond acceptors (Lipinski definition) is 3. The first kappa shape index (κ1) is 16.1. The molecule has 1 aromatic heterocycles. The van der Waals surface area contributed by atoms with E-state index in [2.05, 4.69) is 16.0 Å². The van der Waals surface area contributed by atoms with Crippen LogP contribution in [0.5, 0.6) is 0 Å². The number of likely N-dealkylation sites (tertiary alicyclic amines) is 1. The number of amides is 1. The Labute approximate surface area is 151 Å². The van der Waals surface area contributed by atoms with Gasteiger partial charge in [-0.2, -0.15) is 5.26 Å². The molecule has 0 radical (unpaired) electrons. The highest BCUT2D eigenvalue weighted by Crippen LogP contribution is 2.31. The Balaban J connectivity index is 1.52. The van der Waals surface area contributed by atoms with Crippen LogP contribution in [-0.4, -0.2) is 27.3 Å². The number of hydrogen-bond donors (Lipinski definition) is 1. The van der Waals surface area contributed by atoms with Crippen LogP contribution in [0.2, 0.25) is 0 Å². The number of nitrogens with one attached hydrogen (secondary N) is 1. The molecule has 5 heteroatoms. The fraction of sp³-hybridized carbons (Fsp3) is 0.190. The normalized spacial score (nSPS) is 17.0. The number of aromatic nitrogens is 2. The molecule has 0 bridgehead atoms. The summed E-state index contributed by atoms with van der Waals surface area (Å²) < 4.78 is 0. The van der Waals surface area contributed by atoms with Crippen LogP contribution in [0, 0.1) is 11.3 Å². The first-order valence-electron chi connectivity index (χ1n) is 8.68. The molecule has 128 valence electrons. The highest BCUT2D eigenvalue weighted by atomic mass is 16.2. The summed E-state index contributed by atoms with van der Waals surface area (Å²) in [6.45, 7) is 0.734. The van der Waals surface area contributed by atoms with Crippen LogP contribution in [0.15, 0.2) is 54.6 Å². The van der Waals surface area contributed by atoms with Gasteiger partial charge in [-0.15, -0.1) is 0 Å². The summed E-state index contributed by atoms with van der Waals surface area (Å²) in [7, 11) is 0. The standard InChI is InChI=1S/C21H18N4O/c22-14-16-9-7-15(8-10-16)11-12-20(26)25-13-3-6-19(25)21-23-17-4-1-2-5-18(17)24-21/h1-2,4-5,7-12,19H,3,6,13H2,(H,23,24)/b12-11+/t19-/m1/s1. The zero-order valence-electron chi connectivity index (χ0n) is 14.2. The number of benzene rings is 2. The summed E-state index contributed by atoms with van der Waals surface area (Å²) in [6, 6.07) is 17.2. The molecule has 1 aliphatic heterocycles. The fourth-order valence-electron chi connectivity index (χ4n) is 3.38. The van der Waals surface area contributed by atoms with Crippen molar-refractivity contribution in [2.75, 3.05) is 6.54 Å². The second-order valence-electron chi connectivity index (χ2n) is 6.40. The van der Waals surface area contributed by atoms with Gasteiger partial charge in [0.15, 0.2) is 0 Å². The van der Waals surface area contributed by atoms with Gasteiger partial charge in [0.1, 0.15) is 5.82 Å². The van der Waals surface area contributed by atoms with E-state index < -0.39 is 0 Å². The summed E-state index contributed by atoms with van der Waals surface area (Å²) in [5.74, 6) is 0.834. The summed E-state index contributed by atoms with van der Waals surface area (Å²) in [5.41, 5.74) is 3.43. The topological polar surface area (TPSA) is 72.8 Å². The zero-order chi connectivity index (χ0) is 17.9. The minimum atomic E-state index is -0.0164. The molecule has 1 fully saturated rings. The first-order chi connectivity index (χ1) is 12.7. The van der Waals surface area contributed by atoms with Crippen LogP contribution in [0.1, 0.15) is 35.8 Å². The van der Waals surface area contributed by atoms with Crippen molar-refractivity contribution in [3.8, 4) is 6.07 Å². The lowest BCUT2D eigenvalue weighted by atomic mass is 10.1. The van der Waals surface area contributed by atoms with Gasteiger partial charge in [-0.05, 0) is 48.7 Å². The number of H-pyrrole nitrogens is 1. The van der Waals surface area contributed by atoms with E-state index in [4.69, 9.17) is 5.26 Å². The van der Waals surface area contributed by atoms with Gasteiger partial charge in [-0.3, -0.25) is 4.79 Å². The summed E-state index contributed by atoms with van der Waals surface area (Å²) in [4.78, 5) is 22.6. The van der Waals surface area contributed by atoms with Crippen LogP contribution >= 0.6 is 0 Å². The average molecular weight is 342 g/mol. The molecule has 1 saturated heterocycles. The lowest BCUT2D eigenvalue weighted by Crippen LogP contribution is -2.29. The van der Waals surface area contributed by atoms with Crippen molar-refractivity contribution in [3.05, 3.63) is 71.6 Å². The third-order valence-corrected chi connectivity index (χ3v) is 4.72. The maximum Gasteiger partial charge on any atom is 0.247 e. The van der Waals surface area contributed by atoms with Gasteiger partial charge in [0.2, 0.25) is 5.91 Å². The minimum absolute atomic E-state index is 0.0134. The molecule has 2 heterocycles. The van der Waals surface area contributed by atoms with Crippen molar-refractivity contribution in [1.29, 1.82) is 5.26 Å². The van der Waals surface area contributed by atoms with Gasteiger partial charge in [-0.25, -0.2) is 4.98 Å². The molecule has 1 amide bonds. The van der Waals surface area contributed by atoms with Crippen LogP contribution in [0.4, 0.5) is 0 Å². The minimum Gasteiger partial charge on any atom is -0.340 e. The third-order valence-electron chi connectivity index (χ3n) is 4.72. The first-order valence-corrected chi connectivity index (χ1v) is 8.68. The molecular weight excluding hydrogens is 324 g/mol. The van der Waals surface area contributed by atoms with Crippen LogP contribution in [0.3, 0.4) is 0 Å². The Kier molecular flexibility index (Phi) is 4.24. The quantitative estimate of drug-likeness (QED) is 0.736. The number of carbonyl (C=O) groups excluding carboxylic acids is 1. The van der Waals surface area contributed by atoms with E-state index in [1.54, 1.807) is 24.3 Å². The van der Waals surface area contributed by atoms with Crippen molar-refractivity contribution in [2.24, 2.45) is 0 Å². The number of aromatic amines is 1. The zero-order valence-corrected chi connectivity index (χ0v) is 14.2. The number of nitriles is 1. The molecule has 4 rings (SSSR count). The second kappa shape index (κ2) is 6.85. The van der Waals surface area contributed by atoms with E-state index >= 15 is 0 Å². The smallest absolute Gasteiger partial charge is 0.247 e. The van der Waals surface area contributed by atoms with Gasteiger partial charge in [0.05, 0.1) is 28.7 Å². The van der Waals surface area contributed by atoms with E-state index in [0.29, 0.717) is 5.56 Å². The van der Waals surface area contributed by atoms with Crippen molar-refractivity contribution in [2.45, 2.75) is 18.9 Å². The van der Waals surface area contributed by atoms with Gasteiger partial charge < -0.3 is 9.88 Å². The van der Waals surface area contributed by atoms with E-state index in [-0.39, 0.29) is 11.9 Å². The molecule has 26 heavy (non-hydrogen) atoms. The molecular formula is C21H18N4O. The lowest BCUT2D eigenvalue weighted by Gasteiger charge is -2.21. The molecule has 0 spiro atoms. The molecule has 0 aliphatic carbocycles. The SMILES string of the molecule is N#Cc1ccc(/C=C/C(=O)N2CCC[C@@H]2c2nc3ccccc3[nH]2)cc1. The van der Waals surface area contributed by atoms with Crippen molar-refractivity contribution in [1.82, 2.24) is 14.9 Å². The Hall–Kier alpha value is -3.39. The van der Waals surface area contributed by atoms with E-state index in [1.165, 1.54) is 0 Å². The highest BCUT2D eigenvalue weighted by molar-refractivity contribution is 5.92. The highest BCUT2D eigenvalue weighted by Gasteiger charge is 2.30. The maximum atomic E-state index is 12.7. The van der Waals surface area contributed by atoms with Crippen LogP contribution < -0.4 is 0 Å². The van der Waals surface area contributed by atoms with E-state index in [1.807, 2.05) is 41.3 Å². The Morgan fingerprint density at radius 2 is 2.04 bits per heavy atom. The molecule has 1 aliphatic rings. The molecule has 1 N–H and O–H groups in total. The van der Waals surface area contributed by atoms with Crippen molar-refractivity contribution in [3.63, 3.8) is 0 Å². The number of para-hydroxylation sites is 2. The number of rotatable bonds is 3. The largest absolute Gasteiger partial charge is 0.340 e. The molecule has 5 nitrogen and oxygen atoms in total. The number of imidazole rings is 1. The third kappa shape index (κ3) is 3.09. The van der Waals surface area contributed by atoms with Crippen molar-refractivity contribution < 1.29 is 4.79 Å². The summed E-state index contributed by atoms with van der Waals surface area (Å²) in [6.07, 6.45) is 5.27. The summed E-state index contributed by atoms with van der Waals surface area (Å²) in [5, 5.41) is 8.84. The van der Waals surface area contributed by atoms with Crippen molar-refractivity contribution >= 4 is 23.0 Å². The summed E-state index contributed by atoms with van der Waals surface area (Å²) >= 11 is 0. The predicted molar refractivity (Wildman–Crippen MR) is 100.0 cm³/mol. The second-order valence-corrected chi connectivity index (χ2v) is 6.40. The number of fused-ring (bicyclic) bond motifs is 1. The number of carbonyl (C=O) groups is 1. The molecule has 1 atom stereocenters. The lowest BCUT2D eigenvalue weighted by molar-refractivity contribution is -0.126. The van der Waals surface area contributed by atoms with E-state index in [9.17, 15) is 4.79 Å². The van der Waals surface area contributed by atoms with E-state index in [0.717, 1.165) is 41.8 Å². The molecule has 2 aromatic carbocycles. The Morgan fingerprint density at radius 1 is 1.23 bits per heavy atom. The molecule has 0 unspecified atom stereocenters. The molecule has 0 saturated carbocycles. The average Bonchev–Trinajstić information content (AvgIpc) is 3.32. The van der Waals surface area contributed by atoms with Gasteiger partial charge >= 0.3 is 0 Å². The van der Waals surface area contributed by atoms with Crippen LogP contribution in [0.25, 0.3) is 17.1 Å². The predicted octanol–water partition coefficient (Wildman–Crippen LogP) is 3.81. The van der Waals surface area contributed by atoms with Crippen LogP contribution in [-0.2, 0) is 4.79 Å². The molecule has 3 aromatic rings. The fourth-order valence-corrected chi connectivity index (χ4v) is 3.38. The monoisotopic (exact) mass is 342 g/mol. The Bertz CT molecular complexity index is 977. The van der Waals surface area contributed by atoms with Gasteiger partial charge in [0.25, 0.3) is 0 Å². The van der Waals surface area contributed by atoms with Gasteiger partial charge in [-0.1, -0.05) is 24.3 Å². The number of nitrogens with zero attached hydrogens (tertiary/aromatic N) is 3. The van der Waals surface area contributed by atoms with Gasteiger partial charge in [0, 0.05) is 12.6 Å².